The molecule has 0 radical (unpaired) electrons. The Balaban J connectivity index is 1.94. The van der Waals surface area contributed by atoms with E-state index in [1.54, 1.807) is 0 Å². The molecular formula is C19H29N3O. The third-order valence-electron chi connectivity index (χ3n) is 4.21. The first-order valence-electron chi connectivity index (χ1n) is 8.72. The lowest BCUT2D eigenvalue weighted by atomic mass is 10.1. The van der Waals surface area contributed by atoms with Crippen molar-refractivity contribution in [1.29, 1.82) is 5.26 Å². The number of rotatable bonds is 7. The van der Waals surface area contributed by atoms with Gasteiger partial charge in [-0.2, -0.15) is 5.26 Å². The molecule has 126 valence electrons. The van der Waals surface area contributed by atoms with E-state index in [0.29, 0.717) is 5.92 Å². The van der Waals surface area contributed by atoms with Crippen LogP contribution in [0.5, 0.6) is 5.75 Å². The molecule has 1 aliphatic rings. The summed E-state index contributed by atoms with van der Waals surface area (Å²) in [6, 6.07) is 10.3. The number of hydrogen-bond acceptors (Lipinski definition) is 4. The minimum atomic E-state index is -0.155. The maximum absolute atomic E-state index is 9.61. The molecule has 0 aliphatic carbocycles. The number of nitrogens with zero attached hydrogens (tertiary/aromatic N) is 3. The fourth-order valence-corrected chi connectivity index (χ4v) is 2.94. The highest BCUT2D eigenvalue weighted by Gasteiger charge is 2.24. The first-order chi connectivity index (χ1) is 11.1. The molecule has 4 heteroatoms. The Morgan fingerprint density at radius 3 is 2.30 bits per heavy atom. The van der Waals surface area contributed by atoms with Gasteiger partial charge < -0.3 is 9.64 Å². The molecule has 1 unspecified atom stereocenters. The molecule has 1 atom stereocenters. The molecule has 0 amide bonds. The van der Waals surface area contributed by atoms with Crippen LogP contribution in [0.2, 0.25) is 0 Å². The van der Waals surface area contributed by atoms with Gasteiger partial charge in [0.25, 0.3) is 0 Å². The minimum Gasteiger partial charge on any atom is -0.493 e. The van der Waals surface area contributed by atoms with Gasteiger partial charge in [0.05, 0.1) is 12.7 Å². The van der Waals surface area contributed by atoms with Crippen LogP contribution >= 0.6 is 0 Å². The highest BCUT2D eigenvalue weighted by atomic mass is 16.5. The van der Waals surface area contributed by atoms with E-state index in [9.17, 15) is 5.26 Å². The summed E-state index contributed by atoms with van der Waals surface area (Å²) in [6.45, 7) is 12.4. The van der Waals surface area contributed by atoms with Crippen molar-refractivity contribution in [2.24, 2.45) is 5.92 Å². The van der Waals surface area contributed by atoms with Gasteiger partial charge in [0, 0.05) is 26.2 Å². The fourth-order valence-electron chi connectivity index (χ4n) is 2.94. The van der Waals surface area contributed by atoms with Gasteiger partial charge in [0.2, 0.25) is 0 Å². The van der Waals surface area contributed by atoms with E-state index in [2.05, 4.69) is 36.6 Å². The highest BCUT2D eigenvalue weighted by Crippen LogP contribution is 2.24. The zero-order valence-corrected chi connectivity index (χ0v) is 14.7. The van der Waals surface area contributed by atoms with Crippen molar-refractivity contribution in [1.82, 2.24) is 9.80 Å². The molecule has 2 rings (SSSR count). The van der Waals surface area contributed by atoms with Crippen LogP contribution in [0, 0.1) is 17.2 Å². The Hall–Kier alpha value is -1.57. The van der Waals surface area contributed by atoms with E-state index in [1.807, 2.05) is 24.3 Å². The topological polar surface area (TPSA) is 39.5 Å². The molecule has 0 N–H and O–H groups in total. The first-order valence-corrected chi connectivity index (χ1v) is 8.72. The van der Waals surface area contributed by atoms with Crippen molar-refractivity contribution in [3.05, 3.63) is 29.8 Å². The maximum Gasteiger partial charge on any atom is 0.123 e. The highest BCUT2D eigenvalue weighted by molar-refractivity contribution is 5.31. The van der Waals surface area contributed by atoms with Crippen LogP contribution in [-0.4, -0.2) is 49.1 Å². The zero-order chi connectivity index (χ0) is 16.7. The number of piperazine rings is 1. The van der Waals surface area contributed by atoms with E-state index in [0.717, 1.165) is 50.6 Å². The lowest BCUT2D eigenvalue weighted by Gasteiger charge is -2.36. The quantitative estimate of drug-likeness (QED) is 0.774. The second-order valence-electron chi connectivity index (χ2n) is 6.68. The summed E-state index contributed by atoms with van der Waals surface area (Å²) in [5.74, 6) is 1.40. The summed E-state index contributed by atoms with van der Waals surface area (Å²) >= 11 is 0. The van der Waals surface area contributed by atoms with Crippen molar-refractivity contribution in [3.8, 4) is 11.8 Å². The average molecular weight is 315 g/mol. The molecule has 1 saturated heterocycles. The Morgan fingerprint density at radius 2 is 1.78 bits per heavy atom. The summed E-state index contributed by atoms with van der Waals surface area (Å²) in [5, 5.41) is 9.61. The summed E-state index contributed by atoms with van der Waals surface area (Å²) in [5.41, 5.74) is 1.06. The van der Waals surface area contributed by atoms with Crippen LogP contribution in [-0.2, 0) is 0 Å². The van der Waals surface area contributed by atoms with Crippen LogP contribution in [0.4, 0.5) is 0 Å². The predicted octanol–water partition coefficient (Wildman–Crippen LogP) is 3.31. The molecule has 0 aromatic heterocycles. The minimum absolute atomic E-state index is 0.155. The van der Waals surface area contributed by atoms with Crippen molar-refractivity contribution < 1.29 is 4.74 Å². The monoisotopic (exact) mass is 315 g/mol. The second-order valence-corrected chi connectivity index (χ2v) is 6.68. The van der Waals surface area contributed by atoms with Crippen molar-refractivity contribution in [2.75, 3.05) is 39.3 Å². The SMILES string of the molecule is CCCN1CCN(C(C#N)c2ccc(OCC(C)C)cc2)CC1. The molecule has 1 aromatic rings. The van der Waals surface area contributed by atoms with Crippen molar-refractivity contribution >= 4 is 0 Å². The third kappa shape index (κ3) is 5.23. The third-order valence-corrected chi connectivity index (χ3v) is 4.21. The molecule has 1 fully saturated rings. The predicted molar refractivity (Wildman–Crippen MR) is 93.4 cm³/mol. The van der Waals surface area contributed by atoms with E-state index < -0.39 is 0 Å². The van der Waals surface area contributed by atoms with Gasteiger partial charge in [0.1, 0.15) is 11.8 Å². The number of nitriles is 1. The molecule has 4 nitrogen and oxygen atoms in total. The van der Waals surface area contributed by atoms with Crippen LogP contribution in [0.1, 0.15) is 38.8 Å². The number of ether oxygens (including phenoxy) is 1. The smallest absolute Gasteiger partial charge is 0.123 e. The van der Waals surface area contributed by atoms with E-state index in [4.69, 9.17) is 4.74 Å². The van der Waals surface area contributed by atoms with Gasteiger partial charge in [-0.25, -0.2) is 0 Å². The Labute approximate surface area is 140 Å². The largest absolute Gasteiger partial charge is 0.493 e. The molecule has 0 saturated carbocycles. The molecule has 1 heterocycles. The normalized spacial score (nSPS) is 17.9. The van der Waals surface area contributed by atoms with Gasteiger partial charge in [-0.3, -0.25) is 4.90 Å². The van der Waals surface area contributed by atoms with Crippen LogP contribution in [0.25, 0.3) is 0 Å². The second kappa shape index (κ2) is 8.90. The zero-order valence-electron chi connectivity index (χ0n) is 14.7. The molecule has 0 bridgehead atoms. The molecule has 0 spiro atoms. The molecule has 1 aliphatic heterocycles. The number of benzene rings is 1. The summed E-state index contributed by atoms with van der Waals surface area (Å²) in [6.07, 6.45) is 1.19. The van der Waals surface area contributed by atoms with E-state index in [-0.39, 0.29) is 6.04 Å². The van der Waals surface area contributed by atoms with Gasteiger partial charge in [-0.05, 0) is 36.6 Å². The van der Waals surface area contributed by atoms with Crippen LogP contribution in [0.3, 0.4) is 0 Å². The van der Waals surface area contributed by atoms with Gasteiger partial charge in [-0.1, -0.05) is 32.9 Å². The Bertz CT molecular complexity index is 498. The lowest BCUT2D eigenvalue weighted by Crippen LogP contribution is -2.47. The van der Waals surface area contributed by atoms with Gasteiger partial charge in [-0.15, -0.1) is 0 Å². The van der Waals surface area contributed by atoms with Crippen LogP contribution < -0.4 is 4.74 Å². The van der Waals surface area contributed by atoms with E-state index >= 15 is 0 Å². The standard InChI is InChI=1S/C19H29N3O/c1-4-9-21-10-12-22(13-11-21)19(14-20)17-5-7-18(8-6-17)23-15-16(2)3/h5-8,16,19H,4,9-13,15H2,1-3H3. The summed E-state index contributed by atoms with van der Waals surface area (Å²) in [7, 11) is 0. The van der Waals surface area contributed by atoms with Crippen molar-refractivity contribution in [2.45, 2.75) is 33.2 Å². The average Bonchev–Trinajstić information content (AvgIpc) is 2.56. The fraction of sp³-hybridized carbons (Fsp3) is 0.632. The molecular weight excluding hydrogens is 286 g/mol. The van der Waals surface area contributed by atoms with Crippen LogP contribution in [0.15, 0.2) is 24.3 Å². The molecule has 23 heavy (non-hydrogen) atoms. The van der Waals surface area contributed by atoms with Gasteiger partial charge >= 0.3 is 0 Å². The first kappa shape index (κ1) is 17.8. The maximum atomic E-state index is 9.61. The van der Waals surface area contributed by atoms with E-state index in [1.165, 1.54) is 6.42 Å². The lowest BCUT2D eigenvalue weighted by molar-refractivity contribution is 0.114. The van der Waals surface area contributed by atoms with Crippen molar-refractivity contribution in [3.63, 3.8) is 0 Å². The molecule has 1 aromatic carbocycles. The Morgan fingerprint density at radius 1 is 1.13 bits per heavy atom. The number of hydrogen-bond donors (Lipinski definition) is 0. The Kier molecular flexibility index (Phi) is 6.88. The summed E-state index contributed by atoms with van der Waals surface area (Å²) in [4.78, 5) is 4.77. The van der Waals surface area contributed by atoms with Gasteiger partial charge in [0.15, 0.2) is 0 Å². The summed E-state index contributed by atoms with van der Waals surface area (Å²) < 4.78 is 5.72.